The molecule has 3 aliphatic heterocycles. The number of aromatic nitrogens is 2. The van der Waals surface area contributed by atoms with E-state index < -0.39 is 0 Å². The molecule has 1 aromatic carbocycles. The third-order valence-corrected chi connectivity index (χ3v) is 6.69. The number of hydrogen-bond acceptors (Lipinski definition) is 3. The van der Waals surface area contributed by atoms with E-state index in [1.807, 2.05) is 17.1 Å². The van der Waals surface area contributed by atoms with E-state index in [1.54, 1.807) is 6.20 Å². The smallest absolute Gasteiger partial charge is 0.227 e. The predicted molar refractivity (Wildman–Crippen MR) is 104 cm³/mol. The highest BCUT2D eigenvalue weighted by Gasteiger charge is 2.41. The van der Waals surface area contributed by atoms with Crippen LogP contribution in [-0.4, -0.2) is 50.9 Å². The average molecular weight is 364 g/mol. The number of imidazole rings is 1. The molecule has 4 fully saturated rings. The number of benzene rings is 1. The number of hydrogen-bond donors (Lipinski definition) is 0. The minimum Gasteiger partial charge on any atom is -0.338 e. The number of rotatable bonds is 5. The van der Waals surface area contributed by atoms with Crippen LogP contribution < -0.4 is 0 Å². The Morgan fingerprint density at radius 2 is 1.89 bits per heavy atom. The van der Waals surface area contributed by atoms with Crippen LogP contribution in [0.4, 0.5) is 0 Å². The molecule has 1 aliphatic carbocycles. The minimum absolute atomic E-state index is 0.203. The fraction of sp³-hybridized carbons (Fsp3) is 0.545. The van der Waals surface area contributed by atoms with E-state index in [4.69, 9.17) is 0 Å². The van der Waals surface area contributed by atoms with Gasteiger partial charge in [0.05, 0.1) is 12.2 Å². The van der Waals surface area contributed by atoms with Gasteiger partial charge in [-0.3, -0.25) is 9.69 Å². The number of nitrogens with zero attached hydrogens (tertiary/aromatic N) is 4. The molecule has 6 rings (SSSR count). The van der Waals surface area contributed by atoms with Gasteiger partial charge in [0.2, 0.25) is 5.91 Å². The van der Waals surface area contributed by atoms with Gasteiger partial charge in [-0.1, -0.05) is 18.6 Å². The van der Waals surface area contributed by atoms with Crippen molar-refractivity contribution < 1.29 is 4.79 Å². The van der Waals surface area contributed by atoms with Crippen molar-refractivity contribution in [3.05, 3.63) is 48.5 Å². The summed E-state index contributed by atoms with van der Waals surface area (Å²) in [6, 6.07) is 9.13. The highest BCUT2D eigenvalue weighted by molar-refractivity contribution is 5.80. The van der Waals surface area contributed by atoms with Gasteiger partial charge in [-0.25, -0.2) is 4.98 Å². The van der Waals surface area contributed by atoms with E-state index in [2.05, 4.69) is 39.0 Å². The Morgan fingerprint density at radius 1 is 1.04 bits per heavy atom. The predicted octanol–water partition coefficient (Wildman–Crippen LogP) is 3.10. The number of carbonyl (C=O) groups is 1. The third-order valence-electron chi connectivity index (χ3n) is 6.69. The van der Waals surface area contributed by atoms with Crippen LogP contribution in [0.1, 0.15) is 37.7 Å². The van der Waals surface area contributed by atoms with Gasteiger partial charge in [-0.15, -0.1) is 0 Å². The Bertz CT molecular complexity index is 781. The van der Waals surface area contributed by atoms with Gasteiger partial charge in [0, 0.05) is 50.3 Å². The molecule has 0 radical (unpaired) electrons. The molecular formula is C22H28N4O. The zero-order valence-corrected chi connectivity index (χ0v) is 15.8. The van der Waals surface area contributed by atoms with Crippen molar-refractivity contribution in [1.29, 1.82) is 0 Å². The van der Waals surface area contributed by atoms with Crippen LogP contribution in [-0.2, 0) is 11.3 Å². The molecule has 2 bridgehead atoms. The Morgan fingerprint density at radius 3 is 2.59 bits per heavy atom. The van der Waals surface area contributed by atoms with Crippen molar-refractivity contribution in [3.8, 4) is 5.69 Å². The van der Waals surface area contributed by atoms with E-state index in [0.717, 1.165) is 44.2 Å². The lowest BCUT2D eigenvalue weighted by Gasteiger charge is -2.40. The maximum Gasteiger partial charge on any atom is 0.227 e. The number of piperidine rings is 1. The molecule has 5 heteroatoms. The fourth-order valence-corrected chi connectivity index (χ4v) is 4.90. The summed E-state index contributed by atoms with van der Waals surface area (Å²) in [6.45, 7) is 3.88. The summed E-state index contributed by atoms with van der Waals surface area (Å²) in [6.07, 6.45) is 11.8. The molecule has 142 valence electrons. The lowest BCUT2D eigenvalue weighted by molar-refractivity contribution is -0.141. The first-order valence-electron chi connectivity index (χ1n) is 10.4. The molecule has 0 spiro atoms. The van der Waals surface area contributed by atoms with Crippen LogP contribution in [0.15, 0.2) is 43.0 Å². The van der Waals surface area contributed by atoms with E-state index in [0.29, 0.717) is 11.9 Å². The van der Waals surface area contributed by atoms with Crippen molar-refractivity contribution in [2.45, 2.75) is 44.7 Å². The summed E-state index contributed by atoms with van der Waals surface area (Å²) in [4.78, 5) is 21.8. The van der Waals surface area contributed by atoms with Crippen LogP contribution in [0, 0.1) is 11.8 Å². The van der Waals surface area contributed by atoms with Crippen molar-refractivity contribution in [1.82, 2.24) is 19.4 Å². The Balaban J connectivity index is 1.27. The second-order valence-corrected chi connectivity index (χ2v) is 8.55. The zero-order chi connectivity index (χ0) is 18.2. The van der Waals surface area contributed by atoms with Crippen molar-refractivity contribution >= 4 is 5.91 Å². The molecule has 0 N–H and O–H groups in total. The molecule has 1 saturated carbocycles. The molecule has 1 amide bonds. The molecule has 1 aromatic heterocycles. The van der Waals surface area contributed by atoms with Crippen LogP contribution >= 0.6 is 0 Å². The summed E-state index contributed by atoms with van der Waals surface area (Å²) in [5, 5.41) is 0. The summed E-state index contributed by atoms with van der Waals surface area (Å²) in [5.74, 6) is 1.39. The molecule has 3 saturated heterocycles. The lowest BCUT2D eigenvalue weighted by Crippen LogP contribution is -2.50. The highest BCUT2D eigenvalue weighted by Crippen LogP contribution is 2.34. The van der Waals surface area contributed by atoms with E-state index in [-0.39, 0.29) is 5.92 Å². The second kappa shape index (κ2) is 7.12. The van der Waals surface area contributed by atoms with Crippen molar-refractivity contribution in [2.75, 3.05) is 19.6 Å². The van der Waals surface area contributed by atoms with Gasteiger partial charge in [-0.05, 0) is 49.3 Å². The van der Waals surface area contributed by atoms with Gasteiger partial charge >= 0.3 is 0 Å². The van der Waals surface area contributed by atoms with Gasteiger partial charge in [-0.2, -0.15) is 0 Å². The first kappa shape index (κ1) is 17.0. The topological polar surface area (TPSA) is 41.4 Å². The molecule has 5 nitrogen and oxygen atoms in total. The van der Waals surface area contributed by atoms with Crippen LogP contribution in [0.2, 0.25) is 0 Å². The van der Waals surface area contributed by atoms with E-state index in [9.17, 15) is 4.79 Å². The Hall–Kier alpha value is -2.14. The molecular weight excluding hydrogens is 336 g/mol. The Kier molecular flexibility index (Phi) is 4.48. The van der Waals surface area contributed by atoms with Crippen LogP contribution in [0.25, 0.3) is 5.69 Å². The molecule has 4 aliphatic rings. The Labute approximate surface area is 161 Å². The summed E-state index contributed by atoms with van der Waals surface area (Å²) < 4.78 is 2.02. The minimum atomic E-state index is 0.203. The van der Waals surface area contributed by atoms with Crippen LogP contribution in [0.5, 0.6) is 0 Å². The normalized spacial score (nSPS) is 26.2. The molecule has 27 heavy (non-hydrogen) atoms. The first-order chi connectivity index (χ1) is 13.3. The fourth-order valence-electron chi connectivity index (χ4n) is 4.90. The SMILES string of the molecule is O=C1[C@H]2CC[C@H](CN(Cc3ccc(-n4ccnc4)cc3)C2)N1CC1CCC1. The van der Waals surface area contributed by atoms with Gasteiger partial charge < -0.3 is 9.47 Å². The maximum absolute atomic E-state index is 12.9. The maximum atomic E-state index is 12.9. The standard InChI is InChI=1S/C22H28N4O/c27-22-19-6-9-21(26(22)13-17-2-1-3-17)15-24(14-19)12-18-4-7-20(8-5-18)25-11-10-23-16-25/h4-5,7-8,10-11,16-17,19,21H,1-3,6,9,12-15H2/t19-,21+/m0/s1. The number of carbonyl (C=O) groups excluding carboxylic acids is 1. The van der Waals surface area contributed by atoms with Gasteiger partial charge in [0.1, 0.15) is 0 Å². The third kappa shape index (κ3) is 3.41. The quantitative estimate of drug-likeness (QED) is 0.819. The number of fused-ring (bicyclic) bond motifs is 4. The molecule has 2 aromatic rings. The van der Waals surface area contributed by atoms with Gasteiger partial charge in [0.15, 0.2) is 0 Å². The molecule has 4 heterocycles. The summed E-state index contributed by atoms with van der Waals surface area (Å²) in [5.41, 5.74) is 2.45. The highest BCUT2D eigenvalue weighted by atomic mass is 16.2. The van der Waals surface area contributed by atoms with Crippen LogP contribution in [0.3, 0.4) is 0 Å². The average Bonchev–Trinajstić information content (AvgIpc) is 3.06. The summed E-state index contributed by atoms with van der Waals surface area (Å²) in [7, 11) is 0. The van der Waals surface area contributed by atoms with Gasteiger partial charge in [0.25, 0.3) is 0 Å². The lowest BCUT2D eigenvalue weighted by atomic mass is 9.83. The van der Waals surface area contributed by atoms with E-state index >= 15 is 0 Å². The number of amides is 1. The largest absolute Gasteiger partial charge is 0.338 e. The summed E-state index contributed by atoms with van der Waals surface area (Å²) >= 11 is 0. The second-order valence-electron chi connectivity index (χ2n) is 8.55. The molecule has 2 atom stereocenters. The molecule has 0 unspecified atom stereocenters. The van der Waals surface area contributed by atoms with E-state index in [1.165, 1.54) is 31.2 Å². The van der Waals surface area contributed by atoms with Crippen molar-refractivity contribution in [2.24, 2.45) is 11.8 Å². The zero-order valence-electron chi connectivity index (χ0n) is 15.8. The van der Waals surface area contributed by atoms with Crippen molar-refractivity contribution in [3.63, 3.8) is 0 Å². The monoisotopic (exact) mass is 364 g/mol. The first-order valence-corrected chi connectivity index (χ1v) is 10.4.